The fraction of sp³-hybridized carbons (Fsp3) is 0.375. The Bertz CT molecular complexity index is 1550. The molecule has 16 heteroatoms. The van der Waals surface area contributed by atoms with Crippen molar-refractivity contribution in [2.45, 2.75) is 49.6 Å². The van der Waals surface area contributed by atoms with Crippen molar-refractivity contribution in [3.05, 3.63) is 58.7 Å². The summed E-state index contributed by atoms with van der Waals surface area (Å²) >= 11 is 0. The number of fused-ring (bicyclic) bond motifs is 2. The zero-order valence-corrected chi connectivity index (χ0v) is 26.8. The van der Waals surface area contributed by atoms with E-state index in [2.05, 4.69) is 20.1 Å². The highest BCUT2D eigenvalue weighted by molar-refractivity contribution is 6.32. The minimum absolute atomic E-state index is 0.0484. The third-order valence-electron chi connectivity index (χ3n) is 7.76. The topological polar surface area (TPSA) is 250 Å². The molecule has 0 heterocycles. The Morgan fingerprint density at radius 2 is 0.958 bits per heavy atom. The second kappa shape index (κ2) is 15.4. The van der Waals surface area contributed by atoms with Crippen LogP contribution in [0.2, 0.25) is 0 Å². The summed E-state index contributed by atoms with van der Waals surface area (Å²) in [7, 11) is 4.46. The highest BCUT2D eigenvalue weighted by Gasteiger charge is 2.41. The Hall–Kier alpha value is -5.48. The van der Waals surface area contributed by atoms with Crippen LogP contribution >= 0.6 is 0 Å². The molecule has 0 bridgehead atoms. The summed E-state index contributed by atoms with van der Waals surface area (Å²) in [4.78, 5) is 102. The van der Waals surface area contributed by atoms with Gasteiger partial charge in [0.1, 0.15) is 11.1 Å². The van der Waals surface area contributed by atoms with Gasteiger partial charge < -0.3 is 41.0 Å². The maximum Gasteiger partial charge on any atom is 0.326 e. The number of methoxy groups -OCH3 is 4. The van der Waals surface area contributed by atoms with E-state index in [0.29, 0.717) is 0 Å². The molecule has 0 fully saturated rings. The van der Waals surface area contributed by atoms with E-state index in [4.69, 9.17) is 20.9 Å². The van der Waals surface area contributed by atoms with E-state index in [1.165, 1.54) is 36.4 Å². The Morgan fingerprint density at radius 1 is 0.604 bits per heavy atom. The van der Waals surface area contributed by atoms with Gasteiger partial charge in [-0.15, -0.1) is 0 Å². The number of carbonyl (C=O) groups is 8. The minimum atomic E-state index is -1.91. The van der Waals surface area contributed by atoms with Gasteiger partial charge in [-0.25, -0.2) is 0 Å². The first-order valence-electron chi connectivity index (χ1n) is 14.5. The van der Waals surface area contributed by atoms with Gasteiger partial charge in [0.05, 0.1) is 63.8 Å². The van der Waals surface area contributed by atoms with E-state index in [1.807, 2.05) is 0 Å². The average molecular weight is 669 g/mol. The molecule has 0 aromatic heterocycles. The highest BCUT2D eigenvalue weighted by Crippen LogP contribution is 2.36. The van der Waals surface area contributed by atoms with Crippen LogP contribution in [0.4, 0.5) is 11.4 Å². The standard InChI is InChI=1S/C32H36N4O12/c1-45-23(39)11-13-31(33,29(43)47-3)15-21(37)35-19-9-5-7-17-25(19)27(41)18-8-6-10-20(26(18)28(17)42)36-22(38)16-32(34,30(44)48-4)14-12-24(40)46-2/h5-10H,11-16,33-34H2,1-4H3,(H,35,37)(H,36,38)/t31-,32-/m0/s1. The molecule has 0 spiro atoms. The number of anilines is 2. The first-order valence-corrected chi connectivity index (χ1v) is 14.5. The molecule has 0 radical (unpaired) electrons. The van der Waals surface area contributed by atoms with E-state index in [-0.39, 0.29) is 59.3 Å². The third kappa shape index (κ3) is 8.08. The molecule has 2 aromatic rings. The second-order valence-electron chi connectivity index (χ2n) is 11.0. The summed E-state index contributed by atoms with van der Waals surface area (Å²) < 4.78 is 18.6. The molecule has 1 aliphatic carbocycles. The number of carbonyl (C=O) groups excluding carboxylic acids is 8. The maximum atomic E-state index is 13.8. The first kappa shape index (κ1) is 37.0. The first-order chi connectivity index (χ1) is 22.6. The van der Waals surface area contributed by atoms with Crippen LogP contribution < -0.4 is 22.1 Å². The molecule has 0 unspecified atom stereocenters. The van der Waals surface area contributed by atoms with Crippen molar-refractivity contribution in [3.63, 3.8) is 0 Å². The van der Waals surface area contributed by atoms with Crippen LogP contribution in [-0.2, 0) is 47.7 Å². The zero-order chi connectivity index (χ0) is 35.8. The fourth-order valence-electron chi connectivity index (χ4n) is 5.20. The lowest BCUT2D eigenvalue weighted by Crippen LogP contribution is -2.51. The maximum absolute atomic E-state index is 13.8. The van der Waals surface area contributed by atoms with Crippen molar-refractivity contribution >= 4 is 58.6 Å². The van der Waals surface area contributed by atoms with Gasteiger partial charge in [0.15, 0.2) is 11.6 Å². The summed E-state index contributed by atoms with van der Waals surface area (Å²) in [5, 5.41) is 5.05. The summed E-state index contributed by atoms with van der Waals surface area (Å²) in [6.07, 6.45) is -2.38. The van der Waals surface area contributed by atoms with Gasteiger partial charge in [-0.2, -0.15) is 0 Å². The van der Waals surface area contributed by atoms with Gasteiger partial charge in [-0.1, -0.05) is 24.3 Å². The number of nitrogens with one attached hydrogen (secondary N) is 2. The summed E-state index contributed by atoms with van der Waals surface area (Å²) in [5.41, 5.74) is 7.95. The number of ketones is 2. The number of rotatable bonds is 14. The van der Waals surface area contributed by atoms with Crippen LogP contribution in [-0.4, -0.2) is 86.8 Å². The number of esters is 4. The Kier molecular flexibility index (Phi) is 11.9. The molecule has 2 atom stereocenters. The van der Waals surface area contributed by atoms with E-state index in [9.17, 15) is 38.4 Å². The molecular weight excluding hydrogens is 632 g/mol. The van der Waals surface area contributed by atoms with E-state index in [1.54, 1.807) is 0 Å². The van der Waals surface area contributed by atoms with Crippen molar-refractivity contribution in [1.82, 2.24) is 0 Å². The smallest absolute Gasteiger partial charge is 0.326 e. The van der Waals surface area contributed by atoms with Crippen molar-refractivity contribution in [2.24, 2.45) is 11.5 Å². The van der Waals surface area contributed by atoms with Crippen LogP contribution in [0, 0.1) is 0 Å². The van der Waals surface area contributed by atoms with Crippen LogP contribution in [0.5, 0.6) is 0 Å². The van der Waals surface area contributed by atoms with Crippen molar-refractivity contribution in [2.75, 3.05) is 39.1 Å². The number of nitrogens with two attached hydrogens (primary N) is 2. The molecule has 3 rings (SSSR count). The van der Waals surface area contributed by atoms with Crippen LogP contribution in [0.15, 0.2) is 36.4 Å². The van der Waals surface area contributed by atoms with E-state index < -0.39 is 71.2 Å². The predicted molar refractivity (Wildman–Crippen MR) is 167 cm³/mol. The molecule has 1 aliphatic rings. The van der Waals surface area contributed by atoms with Gasteiger partial charge in [0.25, 0.3) is 0 Å². The van der Waals surface area contributed by atoms with Gasteiger partial charge >= 0.3 is 23.9 Å². The fourth-order valence-corrected chi connectivity index (χ4v) is 5.20. The highest BCUT2D eigenvalue weighted by atomic mass is 16.5. The molecule has 16 nitrogen and oxygen atoms in total. The lowest BCUT2D eigenvalue weighted by Gasteiger charge is -2.27. The quantitative estimate of drug-likeness (QED) is 0.137. The average Bonchev–Trinajstić information content (AvgIpc) is 3.07. The van der Waals surface area contributed by atoms with Crippen LogP contribution in [0.1, 0.15) is 70.4 Å². The number of benzene rings is 2. The number of amides is 2. The van der Waals surface area contributed by atoms with Gasteiger partial charge in [0, 0.05) is 24.0 Å². The van der Waals surface area contributed by atoms with Crippen molar-refractivity contribution in [3.8, 4) is 0 Å². The van der Waals surface area contributed by atoms with Gasteiger partial charge in [-0.05, 0) is 25.0 Å². The largest absolute Gasteiger partial charge is 0.469 e. The van der Waals surface area contributed by atoms with Gasteiger partial charge in [-0.3, -0.25) is 38.4 Å². The monoisotopic (exact) mass is 668 g/mol. The third-order valence-corrected chi connectivity index (χ3v) is 7.76. The minimum Gasteiger partial charge on any atom is -0.469 e. The van der Waals surface area contributed by atoms with Crippen molar-refractivity contribution in [1.29, 1.82) is 0 Å². The van der Waals surface area contributed by atoms with E-state index in [0.717, 1.165) is 28.4 Å². The summed E-state index contributed by atoms with van der Waals surface area (Å²) in [6, 6.07) is 8.31. The normalized spacial score (nSPS) is 14.2. The number of ether oxygens (including phenoxy) is 4. The summed E-state index contributed by atoms with van der Waals surface area (Å²) in [5.74, 6) is -6.16. The van der Waals surface area contributed by atoms with E-state index >= 15 is 0 Å². The Balaban J connectivity index is 1.89. The number of hydrogen-bond acceptors (Lipinski definition) is 14. The molecule has 2 aromatic carbocycles. The number of hydrogen-bond donors (Lipinski definition) is 4. The van der Waals surface area contributed by atoms with Crippen LogP contribution in [0.3, 0.4) is 0 Å². The molecule has 2 amide bonds. The lowest BCUT2D eigenvalue weighted by molar-refractivity contribution is -0.151. The molecule has 48 heavy (non-hydrogen) atoms. The SMILES string of the molecule is COC(=O)CC[C@](N)(CC(=O)Nc1cccc2c1C(=O)c1cccc(NC(=O)C[C@@](N)(CCC(=O)OC)C(=O)OC)c1C2=O)C(=O)OC. The zero-order valence-electron chi connectivity index (χ0n) is 26.8. The Labute approximate surface area is 274 Å². The molecular formula is C32H36N4O12. The van der Waals surface area contributed by atoms with Crippen molar-refractivity contribution < 1.29 is 57.3 Å². The summed E-state index contributed by atoms with van der Waals surface area (Å²) in [6.45, 7) is 0. The molecule has 6 N–H and O–H groups in total. The van der Waals surface area contributed by atoms with Gasteiger partial charge in [0.2, 0.25) is 11.8 Å². The lowest BCUT2D eigenvalue weighted by atomic mass is 9.82. The molecule has 0 saturated carbocycles. The Morgan fingerprint density at radius 3 is 1.27 bits per heavy atom. The van der Waals surface area contributed by atoms with Crippen LogP contribution in [0.25, 0.3) is 0 Å². The molecule has 0 saturated heterocycles. The second-order valence-corrected chi connectivity index (χ2v) is 11.0. The predicted octanol–water partition coefficient (Wildman–Crippen LogP) is 0.767. The molecule has 256 valence electrons. The molecule has 0 aliphatic heterocycles.